The average molecular weight is 337 g/mol. The van der Waals surface area contributed by atoms with Crippen molar-refractivity contribution in [2.75, 3.05) is 40.4 Å². The summed E-state index contributed by atoms with van der Waals surface area (Å²) in [5.41, 5.74) is 0.654. The summed E-state index contributed by atoms with van der Waals surface area (Å²) in [7, 11) is -0.469. The second-order valence-corrected chi connectivity index (χ2v) is 6.53. The summed E-state index contributed by atoms with van der Waals surface area (Å²) in [6.45, 7) is 4.07. The summed E-state index contributed by atoms with van der Waals surface area (Å²) < 4.78 is 37.2. The van der Waals surface area contributed by atoms with E-state index in [9.17, 15) is 8.42 Å². The normalized spacial score (nSPS) is 16.1. The summed E-state index contributed by atoms with van der Waals surface area (Å²) in [5, 5.41) is 3.14. The number of sulfonamides is 1. The van der Waals surface area contributed by atoms with Crippen LogP contribution >= 0.6 is 12.4 Å². The summed E-state index contributed by atoms with van der Waals surface area (Å²) in [6.07, 6.45) is 0. The van der Waals surface area contributed by atoms with E-state index < -0.39 is 10.0 Å². The highest BCUT2D eigenvalue weighted by atomic mass is 35.5. The Balaban J connectivity index is 0.00000220. The SMILES string of the molecule is COc1cc(C)c(S(=O)(=O)N2CCNCC2)cc1OC.Cl. The van der Waals surface area contributed by atoms with Gasteiger partial charge in [0.1, 0.15) is 0 Å². The van der Waals surface area contributed by atoms with Crippen LogP contribution < -0.4 is 14.8 Å². The van der Waals surface area contributed by atoms with Crippen molar-refractivity contribution in [2.24, 2.45) is 0 Å². The van der Waals surface area contributed by atoms with Crippen LogP contribution in [0.2, 0.25) is 0 Å². The standard InChI is InChI=1S/C13H20N2O4S.ClH/c1-10-8-11(18-2)12(19-3)9-13(10)20(16,17)15-6-4-14-5-7-15;/h8-9,14H,4-7H2,1-3H3;1H. The fourth-order valence-corrected chi connectivity index (χ4v) is 3.93. The van der Waals surface area contributed by atoms with Crippen molar-refractivity contribution in [3.8, 4) is 11.5 Å². The first-order chi connectivity index (χ1) is 9.50. The van der Waals surface area contributed by atoms with Crippen LogP contribution in [0, 0.1) is 6.92 Å². The lowest BCUT2D eigenvalue weighted by Gasteiger charge is -2.27. The second-order valence-electron chi connectivity index (χ2n) is 4.63. The molecule has 0 spiro atoms. The molecule has 1 aromatic carbocycles. The second kappa shape index (κ2) is 7.31. The lowest BCUT2D eigenvalue weighted by atomic mass is 10.2. The van der Waals surface area contributed by atoms with Crippen molar-refractivity contribution in [3.63, 3.8) is 0 Å². The highest BCUT2D eigenvalue weighted by Gasteiger charge is 2.28. The van der Waals surface area contributed by atoms with Crippen LogP contribution in [0.15, 0.2) is 17.0 Å². The smallest absolute Gasteiger partial charge is 0.243 e. The van der Waals surface area contributed by atoms with Gasteiger partial charge in [-0.25, -0.2) is 8.42 Å². The topological polar surface area (TPSA) is 67.9 Å². The van der Waals surface area contributed by atoms with Crippen LogP contribution in [0.5, 0.6) is 11.5 Å². The number of ether oxygens (including phenoxy) is 2. The Labute approximate surface area is 131 Å². The van der Waals surface area contributed by atoms with Gasteiger partial charge in [0.15, 0.2) is 11.5 Å². The number of benzene rings is 1. The predicted molar refractivity (Wildman–Crippen MR) is 83.2 cm³/mol. The summed E-state index contributed by atoms with van der Waals surface area (Å²) in [4.78, 5) is 0.275. The van der Waals surface area contributed by atoms with Gasteiger partial charge in [-0.1, -0.05) is 0 Å². The van der Waals surface area contributed by atoms with E-state index in [2.05, 4.69) is 5.32 Å². The van der Waals surface area contributed by atoms with Crippen molar-refractivity contribution in [2.45, 2.75) is 11.8 Å². The van der Waals surface area contributed by atoms with Crippen LogP contribution in [0.3, 0.4) is 0 Å². The molecule has 0 aliphatic carbocycles. The molecule has 6 nitrogen and oxygen atoms in total. The fourth-order valence-electron chi connectivity index (χ4n) is 2.26. The van der Waals surface area contributed by atoms with Gasteiger partial charge < -0.3 is 14.8 Å². The molecule has 120 valence electrons. The van der Waals surface area contributed by atoms with Crippen LogP contribution in [0.4, 0.5) is 0 Å². The molecule has 21 heavy (non-hydrogen) atoms. The molecule has 0 aromatic heterocycles. The molecule has 0 atom stereocenters. The molecule has 1 saturated heterocycles. The maximum atomic E-state index is 12.7. The van der Waals surface area contributed by atoms with Gasteiger partial charge in [-0.2, -0.15) is 4.31 Å². The van der Waals surface area contributed by atoms with Gasteiger partial charge in [0, 0.05) is 32.2 Å². The Hall–Kier alpha value is -1.02. The molecule has 2 rings (SSSR count). The molecule has 0 saturated carbocycles. The Morgan fingerprint density at radius 2 is 1.62 bits per heavy atom. The third-order valence-corrected chi connectivity index (χ3v) is 5.42. The van der Waals surface area contributed by atoms with Crippen LogP contribution in [0.25, 0.3) is 0 Å². The van der Waals surface area contributed by atoms with Gasteiger partial charge in [0.25, 0.3) is 0 Å². The van der Waals surface area contributed by atoms with Gasteiger partial charge in [0.05, 0.1) is 19.1 Å². The summed E-state index contributed by atoms with van der Waals surface area (Å²) in [6, 6.07) is 3.22. The van der Waals surface area contributed by atoms with E-state index in [-0.39, 0.29) is 17.3 Å². The summed E-state index contributed by atoms with van der Waals surface area (Å²) in [5.74, 6) is 0.955. The molecule has 0 bridgehead atoms. The maximum Gasteiger partial charge on any atom is 0.243 e. The zero-order valence-corrected chi connectivity index (χ0v) is 14.0. The molecular formula is C13H21ClN2O4S. The fraction of sp³-hybridized carbons (Fsp3) is 0.538. The Bertz CT molecular complexity index is 586. The minimum Gasteiger partial charge on any atom is -0.493 e. The van der Waals surface area contributed by atoms with E-state index in [1.165, 1.54) is 24.6 Å². The number of nitrogens with zero attached hydrogens (tertiary/aromatic N) is 1. The highest BCUT2D eigenvalue weighted by Crippen LogP contribution is 2.33. The lowest BCUT2D eigenvalue weighted by Crippen LogP contribution is -2.46. The van der Waals surface area contributed by atoms with Crippen LogP contribution in [0.1, 0.15) is 5.56 Å². The first-order valence-electron chi connectivity index (χ1n) is 6.44. The molecule has 1 aliphatic rings. The van der Waals surface area contributed by atoms with Crippen molar-refractivity contribution < 1.29 is 17.9 Å². The Morgan fingerprint density at radius 3 is 2.14 bits per heavy atom. The number of hydrogen-bond acceptors (Lipinski definition) is 5. The van der Waals surface area contributed by atoms with Crippen molar-refractivity contribution >= 4 is 22.4 Å². The minimum atomic E-state index is -3.49. The number of rotatable bonds is 4. The molecule has 1 heterocycles. The molecule has 1 fully saturated rings. The van der Waals surface area contributed by atoms with Crippen molar-refractivity contribution in [3.05, 3.63) is 17.7 Å². The van der Waals surface area contributed by atoms with Crippen molar-refractivity contribution in [1.29, 1.82) is 0 Å². The quantitative estimate of drug-likeness (QED) is 0.889. The zero-order valence-electron chi connectivity index (χ0n) is 12.4. The monoisotopic (exact) mass is 336 g/mol. The van der Waals surface area contributed by atoms with E-state index >= 15 is 0 Å². The summed E-state index contributed by atoms with van der Waals surface area (Å²) >= 11 is 0. The number of methoxy groups -OCH3 is 2. The van der Waals surface area contributed by atoms with Gasteiger partial charge in [-0.15, -0.1) is 12.4 Å². The molecule has 0 unspecified atom stereocenters. The van der Waals surface area contributed by atoms with Gasteiger partial charge in [-0.3, -0.25) is 0 Å². The number of hydrogen-bond donors (Lipinski definition) is 1. The van der Waals surface area contributed by atoms with Gasteiger partial charge in [0.2, 0.25) is 10.0 Å². The molecule has 0 radical (unpaired) electrons. The average Bonchev–Trinajstić information content (AvgIpc) is 2.47. The van der Waals surface area contributed by atoms with Gasteiger partial charge in [-0.05, 0) is 18.6 Å². The van der Waals surface area contributed by atoms with E-state index in [0.717, 1.165) is 0 Å². The molecule has 8 heteroatoms. The Kier molecular flexibility index (Phi) is 6.27. The Morgan fingerprint density at radius 1 is 1.10 bits per heavy atom. The largest absolute Gasteiger partial charge is 0.493 e. The first kappa shape index (κ1) is 18.0. The predicted octanol–water partition coefficient (Wildman–Crippen LogP) is 1.03. The van der Waals surface area contributed by atoms with Crippen LogP contribution in [-0.4, -0.2) is 53.1 Å². The van der Waals surface area contributed by atoms with E-state index in [4.69, 9.17) is 9.47 Å². The molecular weight excluding hydrogens is 316 g/mol. The highest BCUT2D eigenvalue weighted by molar-refractivity contribution is 7.89. The number of aryl methyl sites for hydroxylation is 1. The van der Waals surface area contributed by atoms with E-state index in [1.807, 2.05) is 0 Å². The molecule has 1 aliphatic heterocycles. The maximum absolute atomic E-state index is 12.7. The third kappa shape index (κ3) is 3.60. The lowest BCUT2D eigenvalue weighted by molar-refractivity contribution is 0.350. The molecule has 0 amide bonds. The van der Waals surface area contributed by atoms with Crippen LogP contribution in [-0.2, 0) is 10.0 Å². The van der Waals surface area contributed by atoms with Crippen molar-refractivity contribution in [1.82, 2.24) is 9.62 Å². The van der Waals surface area contributed by atoms with E-state index in [1.54, 1.807) is 13.0 Å². The number of halogens is 1. The number of nitrogens with one attached hydrogen (secondary N) is 1. The zero-order chi connectivity index (χ0) is 14.8. The molecule has 1 aromatic rings. The van der Waals surface area contributed by atoms with Gasteiger partial charge >= 0.3 is 0 Å². The third-order valence-electron chi connectivity index (χ3n) is 3.37. The first-order valence-corrected chi connectivity index (χ1v) is 7.88. The van der Waals surface area contributed by atoms with E-state index in [0.29, 0.717) is 43.2 Å². The molecule has 1 N–H and O–H groups in total. The minimum absolute atomic E-state index is 0. The number of piperazine rings is 1.